The van der Waals surface area contributed by atoms with E-state index in [-0.39, 0.29) is 11.9 Å². The van der Waals surface area contributed by atoms with Gasteiger partial charge in [-0.15, -0.1) is 0 Å². The minimum Gasteiger partial charge on any atom is -0.384 e. The van der Waals surface area contributed by atoms with Crippen molar-refractivity contribution in [2.24, 2.45) is 5.73 Å². The van der Waals surface area contributed by atoms with Gasteiger partial charge < -0.3 is 16.4 Å². The number of benzene rings is 3. The molecule has 0 aliphatic carbocycles. The van der Waals surface area contributed by atoms with Crippen LogP contribution in [0, 0.1) is 20.8 Å². The second kappa shape index (κ2) is 9.58. The first kappa shape index (κ1) is 22.1. The van der Waals surface area contributed by atoms with Crippen molar-refractivity contribution in [3.05, 3.63) is 99.6 Å². The van der Waals surface area contributed by atoms with Crippen molar-refractivity contribution in [1.82, 2.24) is 5.32 Å². The third-order valence-electron chi connectivity index (χ3n) is 6.45. The lowest BCUT2D eigenvalue weighted by Gasteiger charge is -2.30. The van der Waals surface area contributed by atoms with Gasteiger partial charge >= 0.3 is 0 Å². The number of carbonyl (C=O) groups excluding carboxylic acids is 1. The van der Waals surface area contributed by atoms with Gasteiger partial charge in [0, 0.05) is 12.2 Å². The Bertz CT molecular complexity index is 1080. The number of nitrogens with two attached hydrogens (primary N) is 1. The predicted octanol–water partition coefficient (Wildman–Crippen LogP) is 4.75. The van der Waals surface area contributed by atoms with Crippen molar-refractivity contribution >= 4 is 11.6 Å². The van der Waals surface area contributed by atoms with Gasteiger partial charge in [-0.2, -0.15) is 0 Å². The van der Waals surface area contributed by atoms with Gasteiger partial charge in [0.25, 0.3) is 0 Å². The van der Waals surface area contributed by atoms with Crippen LogP contribution < -0.4 is 16.4 Å². The zero-order chi connectivity index (χ0) is 22.7. The monoisotopic (exact) mass is 427 g/mol. The van der Waals surface area contributed by atoms with E-state index in [0.717, 1.165) is 30.6 Å². The van der Waals surface area contributed by atoms with Gasteiger partial charge in [-0.1, -0.05) is 66.2 Å². The summed E-state index contributed by atoms with van der Waals surface area (Å²) in [6, 6.07) is 20.6. The number of para-hydroxylation sites is 1. The van der Waals surface area contributed by atoms with Crippen molar-refractivity contribution in [1.29, 1.82) is 0 Å². The summed E-state index contributed by atoms with van der Waals surface area (Å²) < 4.78 is 0. The van der Waals surface area contributed by atoms with Crippen molar-refractivity contribution < 1.29 is 4.79 Å². The first-order valence-corrected chi connectivity index (χ1v) is 11.4. The second-order valence-corrected chi connectivity index (χ2v) is 9.01. The number of amides is 1. The highest BCUT2D eigenvalue weighted by atomic mass is 16.2. The normalized spacial score (nSPS) is 16.1. The number of hydrogen-bond donors (Lipinski definition) is 3. The van der Waals surface area contributed by atoms with Crippen LogP contribution in [0.5, 0.6) is 0 Å². The Kier molecular flexibility index (Phi) is 6.61. The molecule has 0 aromatic heterocycles. The topological polar surface area (TPSA) is 67.2 Å². The Morgan fingerprint density at radius 2 is 1.78 bits per heavy atom. The molecule has 2 atom stereocenters. The van der Waals surface area contributed by atoms with Crippen LogP contribution in [0.2, 0.25) is 0 Å². The van der Waals surface area contributed by atoms with Crippen molar-refractivity contribution in [2.75, 3.05) is 11.9 Å². The van der Waals surface area contributed by atoms with Crippen LogP contribution in [0.4, 0.5) is 5.69 Å². The van der Waals surface area contributed by atoms with Gasteiger partial charge in [0.1, 0.15) is 0 Å². The summed E-state index contributed by atoms with van der Waals surface area (Å²) >= 11 is 0. The lowest BCUT2D eigenvalue weighted by atomic mass is 9.91. The number of rotatable bonds is 6. The molecule has 32 heavy (non-hydrogen) atoms. The number of anilines is 1. The number of fused-ring (bicyclic) bond motifs is 1. The third kappa shape index (κ3) is 4.86. The summed E-state index contributed by atoms with van der Waals surface area (Å²) in [6.07, 6.45) is 2.27. The molecule has 166 valence electrons. The van der Waals surface area contributed by atoms with Gasteiger partial charge in [0.15, 0.2) is 0 Å². The molecule has 0 spiro atoms. The molecule has 1 aliphatic rings. The van der Waals surface area contributed by atoms with Crippen molar-refractivity contribution in [3.8, 4) is 0 Å². The number of hydrogen-bond acceptors (Lipinski definition) is 3. The minimum atomic E-state index is -0.569. The predicted molar refractivity (Wildman–Crippen MR) is 132 cm³/mol. The molecular weight excluding hydrogens is 394 g/mol. The molecule has 0 unspecified atom stereocenters. The smallest absolute Gasteiger partial charge is 0.237 e. The summed E-state index contributed by atoms with van der Waals surface area (Å²) in [6.45, 7) is 7.11. The highest BCUT2D eigenvalue weighted by Crippen LogP contribution is 2.34. The first-order chi connectivity index (χ1) is 15.4. The number of nitrogens with one attached hydrogen (secondary N) is 2. The van der Waals surface area contributed by atoms with Crippen LogP contribution in [0.15, 0.2) is 60.7 Å². The van der Waals surface area contributed by atoms with E-state index in [0.29, 0.717) is 6.42 Å². The van der Waals surface area contributed by atoms with Crippen LogP contribution >= 0.6 is 0 Å². The quantitative estimate of drug-likeness (QED) is 0.532. The van der Waals surface area contributed by atoms with Crippen LogP contribution in [-0.2, 0) is 17.6 Å². The van der Waals surface area contributed by atoms with E-state index in [1.165, 1.54) is 33.4 Å². The molecule has 4 heteroatoms. The maximum absolute atomic E-state index is 13.0. The molecule has 3 aromatic rings. The van der Waals surface area contributed by atoms with Crippen LogP contribution in [0.25, 0.3) is 0 Å². The van der Waals surface area contributed by atoms with Gasteiger partial charge in [-0.3, -0.25) is 4.79 Å². The van der Waals surface area contributed by atoms with E-state index in [9.17, 15) is 4.79 Å². The van der Waals surface area contributed by atoms with Crippen molar-refractivity contribution in [2.45, 2.75) is 52.1 Å². The van der Waals surface area contributed by atoms with E-state index in [4.69, 9.17) is 5.73 Å². The molecule has 0 radical (unpaired) electrons. The fourth-order valence-electron chi connectivity index (χ4n) is 4.86. The molecular formula is C28H33N3O. The molecule has 4 nitrogen and oxygen atoms in total. The van der Waals surface area contributed by atoms with Gasteiger partial charge in [0.2, 0.25) is 5.91 Å². The molecule has 3 aromatic carbocycles. The Balaban J connectivity index is 1.49. The summed E-state index contributed by atoms with van der Waals surface area (Å²) in [4.78, 5) is 13.0. The van der Waals surface area contributed by atoms with Gasteiger partial charge in [-0.25, -0.2) is 0 Å². The lowest BCUT2D eigenvalue weighted by Crippen LogP contribution is -2.44. The Hall–Kier alpha value is -3.11. The molecule has 4 rings (SSSR count). The third-order valence-corrected chi connectivity index (χ3v) is 6.45. The van der Waals surface area contributed by atoms with E-state index < -0.39 is 6.04 Å². The molecule has 0 saturated heterocycles. The van der Waals surface area contributed by atoms with Gasteiger partial charge in [0.05, 0.1) is 12.1 Å². The summed E-state index contributed by atoms with van der Waals surface area (Å²) in [7, 11) is 0. The zero-order valence-corrected chi connectivity index (χ0v) is 19.2. The summed E-state index contributed by atoms with van der Waals surface area (Å²) in [5.74, 6) is -0.0873. The van der Waals surface area contributed by atoms with E-state index in [1.54, 1.807) is 0 Å². The Labute approximate surface area is 191 Å². The first-order valence-electron chi connectivity index (χ1n) is 11.4. The van der Waals surface area contributed by atoms with Crippen molar-refractivity contribution in [3.63, 3.8) is 0 Å². The second-order valence-electron chi connectivity index (χ2n) is 9.01. The lowest BCUT2D eigenvalue weighted by molar-refractivity contribution is -0.123. The number of carbonyl (C=O) groups is 1. The van der Waals surface area contributed by atoms with E-state index >= 15 is 0 Å². The average molecular weight is 428 g/mol. The van der Waals surface area contributed by atoms with Crippen LogP contribution in [0.3, 0.4) is 0 Å². The maximum atomic E-state index is 13.0. The average Bonchev–Trinajstić information content (AvgIpc) is 2.77. The summed E-state index contributed by atoms with van der Waals surface area (Å²) in [5, 5.41) is 6.79. The van der Waals surface area contributed by atoms with E-state index in [2.05, 4.69) is 86.0 Å². The standard InChI is InChI=1S/C28H33N3O/c1-18-14-19(2)24(20(3)15-18)17-25(29)28(32)31-26-12-13-30-27-22(10-7-11-23(26)27)16-21-8-5-4-6-9-21/h4-11,14-15,25-26,30H,12-13,16-17,29H2,1-3H3,(H,31,32)/t25-,26+/m0/s1. The molecule has 0 saturated carbocycles. The molecule has 1 amide bonds. The maximum Gasteiger partial charge on any atom is 0.237 e. The Morgan fingerprint density at radius 1 is 1.06 bits per heavy atom. The largest absolute Gasteiger partial charge is 0.384 e. The SMILES string of the molecule is Cc1cc(C)c(C[C@H](N)C(=O)N[C@@H]2CCNc3c(Cc4ccccc4)cccc32)c(C)c1. The molecule has 1 heterocycles. The van der Waals surface area contributed by atoms with E-state index in [1.807, 2.05) is 6.07 Å². The highest BCUT2D eigenvalue weighted by molar-refractivity contribution is 5.83. The molecule has 4 N–H and O–H groups in total. The number of aryl methyl sites for hydroxylation is 3. The Morgan fingerprint density at radius 3 is 2.50 bits per heavy atom. The van der Waals surface area contributed by atoms with Crippen LogP contribution in [-0.4, -0.2) is 18.5 Å². The molecule has 1 aliphatic heterocycles. The highest BCUT2D eigenvalue weighted by Gasteiger charge is 2.26. The summed E-state index contributed by atoms with van der Waals surface area (Å²) in [5.41, 5.74) is 16.0. The fourth-order valence-corrected chi connectivity index (χ4v) is 4.86. The molecule has 0 fully saturated rings. The fraction of sp³-hybridized carbons (Fsp3) is 0.321. The molecule has 0 bridgehead atoms. The zero-order valence-electron chi connectivity index (χ0n) is 19.2. The van der Waals surface area contributed by atoms with Crippen LogP contribution in [0.1, 0.15) is 51.4 Å². The van der Waals surface area contributed by atoms with Gasteiger partial charge in [-0.05, 0) is 73.4 Å². The minimum absolute atomic E-state index is 0.0271.